The maximum absolute atomic E-state index is 13.7. The number of guanidine groups is 2. The third kappa shape index (κ3) is 15.7. The van der Waals surface area contributed by atoms with Crippen molar-refractivity contribution < 1.29 is 55.0 Å². The lowest BCUT2D eigenvalue weighted by atomic mass is 9.94. The van der Waals surface area contributed by atoms with Gasteiger partial charge in [0.2, 0.25) is 29.6 Å². The largest absolute Gasteiger partial charge is 0.494 e. The average Bonchev–Trinajstić information content (AvgIpc) is 3.85. The highest BCUT2D eigenvalue weighted by atomic mass is 32.2. The number of benzene rings is 3. The molecule has 22 nitrogen and oxygen atoms in total. The number of sulfonamides is 2. The number of carbonyl (C=O) groups is 4. The zero-order valence-corrected chi connectivity index (χ0v) is 46.9. The lowest BCUT2D eigenvalue weighted by molar-refractivity contribution is -0.149. The fraction of sp³-hybridized carbons (Fsp3) is 0.538. The summed E-state index contributed by atoms with van der Waals surface area (Å²) < 4.78 is 82.8. The predicted octanol–water partition coefficient (Wildman–Crippen LogP) is 3.12. The van der Waals surface area contributed by atoms with Crippen LogP contribution < -0.4 is 57.2 Å². The van der Waals surface area contributed by atoms with Crippen LogP contribution in [0.3, 0.4) is 0 Å². The Balaban J connectivity index is 1.15. The number of ether oxygens (including phenoxy) is 4. The van der Waals surface area contributed by atoms with Gasteiger partial charge in [0.25, 0.3) is 20.0 Å². The minimum absolute atomic E-state index is 0.0125. The van der Waals surface area contributed by atoms with E-state index in [0.29, 0.717) is 82.9 Å². The number of primary amides is 1. The number of hydrogen-bond acceptors (Lipinski definition) is 15. The number of nitrogens with zero attached hydrogens (tertiary/aromatic N) is 2. The van der Waals surface area contributed by atoms with Gasteiger partial charge in [-0.1, -0.05) is 12.1 Å². The van der Waals surface area contributed by atoms with Gasteiger partial charge in [-0.15, -0.1) is 0 Å². The SMILES string of the molecule is Cc1c(C)c(S(=O)(=O)NC(N)=NCCC[C@H](NC(=O)CNC(=O)[C@@H](N)CCCN=C(N)NS(=O)(=O)c2c(C)c(C)c3c(c2C)CC(C)(C)O3)C(=O)OCc2ccc(OCCCCC(N)=O)cc2)c(C)c2c1OC(C)(C)C2. The first-order chi connectivity index (χ1) is 35.4. The van der Waals surface area contributed by atoms with Crippen molar-refractivity contribution in [2.24, 2.45) is 32.9 Å². The molecule has 0 spiro atoms. The number of esters is 1. The second-order valence-corrected chi connectivity index (χ2v) is 23.8. The third-order valence-corrected chi connectivity index (χ3v) is 16.5. The highest BCUT2D eigenvalue weighted by Gasteiger charge is 2.38. The van der Waals surface area contributed by atoms with Gasteiger partial charge in [-0.25, -0.2) is 31.1 Å². The first-order valence-electron chi connectivity index (χ1n) is 25.2. The van der Waals surface area contributed by atoms with Gasteiger partial charge in [0.05, 0.1) is 29.0 Å². The van der Waals surface area contributed by atoms with Crippen molar-refractivity contribution in [1.29, 1.82) is 0 Å². The molecule has 0 bridgehead atoms. The average molecular weight is 1100 g/mol. The van der Waals surface area contributed by atoms with Gasteiger partial charge in [0, 0.05) is 43.5 Å². The normalized spacial score (nSPS) is 15.6. The topological polar surface area (TPSA) is 350 Å². The van der Waals surface area contributed by atoms with E-state index in [4.69, 9.17) is 41.9 Å². The number of nitrogens with two attached hydrogens (primary N) is 4. The van der Waals surface area contributed by atoms with Gasteiger partial charge in [0.1, 0.15) is 41.1 Å². The maximum atomic E-state index is 13.7. The molecule has 24 heteroatoms. The van der Waals surface area contributed by atoms with E-state index >= 15 is 0 Å². The molecule has 2 aliphatic rings. The lowest BCUT2D eigenvalue weighted by Gasteiger charge is -2.19. The molecule has 76 heavy (non-hydrogen) atoms. The Hall–Kier alpha value is -6.66. The summed E-state index contributed by atoms with van der Waals surface area (Å²) in [4.78, 5) is 59.2. The standard InChI is InChI=1S/C52H76N10O12S2/c1-29-31(3)45(33(5)37-25-51(7,8)73-43(29)37)75(67,68)61-49(55)57-22-13-15-39(53)47(65)59-27-42(64)60-40(48(66)72-28-35-18-20-36(21-19-35)71-24-12-11-17-41(54)63)16-14-23-58-50(56)62-76(69,70)46-32(4)30(2)44-38(34(46)6)26-52(9,10)74-44/h18-21,39-40H,11-17,22-28,53H2,1-10H3,(H2,54,63)(H,59,65)(H,60,64)(H3,55,57,61)(H3,56,58,62)/t39-,40-/m0/s1. The molecule has 418 valence electrons. The van der Waals surface area contributed by atoms with E-state index in [0.717, 1.165) is 16.7 Å². The molecule has 3 aromatic rings. The zero-order valence-electron chi connectivity index (χ0n) is 45.3. The van der Waals surface area contributed by atoms with E-state index in [2.05, 4.69) is 30.1 Å². The van der Waals surface area contributed by atoms with Crippen LogP contribution in [0.5, 0.6) is 17.2 Å². The maximum Gasteiger partial charge on any atom is 0.328 e. The number of unbranched alkanes of at least 4 members (excludes halogenated alkanes) is 1. The molecule has 0 fully saturated rings. The summed E-state index contributed by atoms with van der Waals surface area (Å²) in [7, 11) is -8.30. The van der Waals surface area contributed by atoms with E-state index in [1.807, 2.05) is 41.5 Å². The lowest BCUT2D eigenvalue weighted by Crippen LogP contribution is -2.48. The molecular formula is C52H76N10O12S2. The van der Waals surface area contributed by atoms with Crippen molar-refractivity contribution in [1.82, 2.24) is 20.1 Å². The van der Waals surface area contributed by atoms with Crippen LogP contribution in [-0.4, -0.2) is 102 Å². The molecule has 0 aromatic heterocycles. The van der Waals surface area contributed by atoms with Crippen molar-refractivity contribution in [2.45, 2.75) is 167 Å². The van der Waals surface area contributed by atoms with Crippen molar-refractivity contribution in [3.05, 3.63) is 74.3 Å². The third-order valence-electron chi connectivity index (χ3n) is 13.3. The summed E-state index contributed by atoms with van der Waals surface area (Å²) >= 11 is 0. The fourth-order valence-corrected chi connectivity index (χ4v) is 12.2. The number of fused-ring (bicyclic) bond motifs is 2. The van der Waals surface area contributed by atoms with E-state index < -0.39 is 67.7 Å². The van der Waals surface area contributed by atoms with Gasteiger partial charge in [-0.3, -0.25) is 24.4 Å². The molecule has 5 rings (SSSR count). The Morgan fingerprint density at radius 2 is 1.17 bits per heavy atom. The van der Waals surface area contributed by atoms with Gasteiger partial charge in [-0.2, -0.15) is 0 Å². The highest BCUT2D eigenvalue weighted by molar-refractivity contribution is 7.90. The number of nitrogens with one attached hydrogen (secondary N) is 4. The molecule has 3 amide bonds. The summed E-state index contributed by atoms with van der Waals surface area (Å²) in [5, 5.41) is 5.06. The molecule has 2 aliphatic heterocycles. The van der Waals surface area contributed by atoms with Crippen LogP contribution in [0.2, 0.25) is 0 Å². The summed E-state index contributed by atoms with van der Waals surface area (Å²) in [6.07, 6.45) is 3.05. The van der Waals surface area contributed by atoms with Gasteiger partial charge in [0.15, 0.2) is 0 Å². The van der Waals surface area contributed by atoms with E-state index in [1.165, 1.54) is 0 Å². The smallest absolute Gasteiger partial charge is 0.328 e. The van der Waals surface area contributed by atoms with Crippen molar-refractivity contribution in [3.8, 4) is 17.2 Å². The first kappa shape index (κ1) is 60.2. The van der Waals surface area contributed by atoms with Gasteiger partial charge in [-0.05, 0) is 159 Å². The molecule has 0 unspecified atom stereocenters. The Morgan fingerprint density at radius 1 is 0.684 bits per heavy atom. The minimum atomic E-state index is -4.18. The van der Waals surface area contributed by atoms with Crippen LogP contribution in [0.1, 0.15) is 123 Å². The Morgan fingerprint density at radius 3 is 1.66 bits per heavy atom. The summed E-state index contributed by atoms with van der Waals surface area (Å²) in [5.74, 6) is -1.33. The van der Waals surface area contributed by atoms with E-state index in [9.17, 15) is 36.0 Å². The number of carbonyl (C=O) groups excluding carboxylic acids is 4. The molecule has 2 atom stereocenters. The van der Waals surface area contributed by atoms with Crippen LogP contribution in [0, 0.1) is 41.5 Å². The van der Waals surface area contributed by atoms with Crippen LogP contribution in [0.25, 0.3) is 0 Å². The quantitative estimate of drug-likeness (QED) is 0.0262. The van der Waals surface area contributed by atoms with Crippen molar-refractivity contribution in [3.63, 3.8) is 0 Å². The molecule has 12 N–H and O–H groups in total. The molecule has 0 saturated heterocycles. The Kier molecular flexibility index (Phi) is 19.8. The van der Waals surface area contributed by atoms with Gasteiger partial charge < -0.3 is 52.5 Å². The molecule has 2 heterocycles. The molecular weight excluding hydrogens is 1020 g/mol. The zero-order chi connectivity index (χ0) is 56.5. The Bertz CT molecular complexity index is 2980. The minimum Gasteiger partial charge on any atom is -0.494 e. The van der Waals surface area contributed by atoms with Crippen molar-refractivity contribution in [2.75, 3.05) is 26.2 Å². The summed E-state index contributed by atoms with van der Waals surface area (Å²) in [6, 6.07) is 4.51. The Labute approximate surface area is 446 Å². The summed E-state index contributed by atoms with van der Waals surface area (Å²) in [6.45, 7) is 17.9. The second-order valence-electron chi connectivity index (χ2n) is 20.6. The second kappa shape index (κ2) is 25.0. The van der Waals surface area contributed by atoms with E-state index in [-0.39, 0.29) is 79.4 Å². The van der Waals surface area contributed by atoms with Crippen LogP contribution >= 0.6 is 0 Å². The van der Waals surface area contributed by atoms with Gasteiger partial charge >= 0.3 is 5.97 Å². The number of amides is 3. The van der Waals surface area contributed by atoms with E-state index in [1.54, 1.807) is 52.0 Å². The number of rotatable bonds is 25. The molecule has 0 aliphatic carbocycles. The number of aliphatic imine (C=N–C) groups is 2. The first-order valence-corrected chi connectivity index (χ1v) is 28.2. The van der Waals surface area contributed by atoms with Crippen LogP contribution in [-0.2, 0) is 63.4 Å². The number of hydrogen-bond donors (Lipinski definition) is 8. The monoisotopic (exact) mass is 1100 g/mol. The summed E-state index contributed by atoms with van der Waals surface area (Å²) in [5.41, 5.74) is 28.3. The van der Waals surface area contributed by atoms with Crippen LogP contribution in [0.4, 0.5) is 0 Å². The van der Waals surface area contributed by atoms with Crippen LogP contribution in [0.15, 0.2) is 44.0 Å². The highest BCUT2D eigenvalue weighted by Crippen LogP contribution is 2.45. The predicted molar refractivity (Wildman–Crippen MR) is 288 cm³/mol. The molecule has 3 aromatic carbocycles. The molecule has 0 saturated carbocycles. The van der Waals surface area contributed by atoms with Crippen molar-refractivity contribution >= 4 is 55.7 Å². The molecule has 0 radical (unpaired) electrons. The fourth-order valence-electron chi connectivity index (χ4n) is 9.20.